The van der Waals surface area contributed by atoms with Gasteiger partial charge in [-0.05, 0) is 48.2 Å². The van der Waals surface area contributed by atoms with Crippen LogP contribution in [0.25, 0.3) is 0 Å². The number of likely N-dealkylation sites (tertiary alicyclic amines) is 1. The second-order valence-corrected chi connectivity index (χ2v) is 6.54. The Labute approximate surface area is 161 Å². The van der Waals surface area contributed by atoms with Crippen molar-refractivity contribution in [2.75, 3.05) is 13.7 Å². The predicted molar refractivity (Wildman–Crippen MR) is 107 cm³/mol. The molecule has 0 aliphatic carbocycles. The van der Waals surface area contributed by atoms with Crippen LogP contribution in [0.1, 0.15) is 53.2 Å². The van der Waals surface area contributed by atoms with Gasteiger partial charge in [-0.15, -0.1) is 12.4 Å². The van der Waals surface area contributed by atoms with Gasteiger partial charge in [0.2, 0.25) is 0 Å². The number of hydrogen-bond donors (Lipinski definition) is 1. The molecule has 0 aromatic heterocycles. The summed E-state index contributed by atoms with van der Waals surface area (Å²) in [4.78, 5) is 15.2. The highest BCUT2D eigenvalue weighted by atomic mass is 35.5. The van der Waals surface area contributed by atoms with Crippen LogP contribution in [0.2, 0.25) is 0 Å². The van der Waals surface area contributed by atoms with Crippen molar-refractivity contribution in [1.29, 1.82) is 0 Å². The minimum Gasteiger partial charge on any atom is -0.497 e. The van der Waals surface area contributed by atoms with E-state index in [0.717, 1.165) is 42.7 Å². The molecule has 0 radical (unpaired) electrons. The molecule has 1 amide bonds. The SMILES string of the molecule is COc1ccc(C2CCCCCN2C(=O)c2ccc(CN)cc2)cc1.Cl. The Kier molecular flexibility index (Phi) is 7.49. The van der Waals surface area contributed by atoms with Gasteiger partial charge in [0.15, 0.2) is 0 Å². The molecule has 3 rings (SSSR count). The van der Waals surface area contributed by atoms with E-state index in [9.17, 15) is 4.79 Å². The molecule has 4 nitrogen and oxygen atoms in total. The predicted octanol–water partition coefficient (Wildman–Crippen LogP) is 4.33. The van der Waals surface area contributed by atoms with Crippen molar-refractivity contribution in [1.82, 2.24) is 4.90 Å². The number of ether oxygens (including phenoxy) is 1. The van der Waals surface area contributed by atoms with Crippen LogP contribution in [0, 0.1) is 0 Å². The van der Waals surface area contributed by atoms with Gasteiger partial charge >= 0.3 is 0 Å². The molecule has 1 unspecified atom stereocenters. The number of amides is 1. The Morgan fingerprint density at radius 1 is 1.08 bits per heavy atom. The van der Waals surface area contributed by atoms with E-state index >= 15 is 0 Å². The van der Waals surface area contributed by atoms with Crippen molar-refractivity contribution in [2.24, 2.45) is 5.73 Å². The molecule has 1 saturated heterocycles. The summed E-state index contributed by atoms with van der Waals surface area (Å²) in [6.07, 6.45) is 4.37. The molecular weight excluding hydrogens is 348 g/mol. The molecule has 1 aliphatic rings. The first-order chi connectivity index (χ1) is 12.2. The smallest absolute Gasteiger partial charge is 0.254 e. The standard InChI is InChI=1S/C21H26N2O2.ClH/c1-25-19-12-10-17(11-13-19)20-5-3-2-4-14-23(20)21(24)18-8-6-16(15-22)7-9-18;/h6-13,20H,2-5,14-15,22H2,1H3;1H. The zero-order valence-corrected chi connectivity index (χ0v) is 16.0. The van der Waals surface area contributed by atoms with Gasteiger partial charge in [0.25, 0.3) is 5.91 Å². The van der Waals surface area contributed by atoms with E-state index in [1.807, 2.05) is 41.3 Å². The lowest BCUT2D eigenvalue weighted by molar-refractivity contribution is 0.0681. The van der Waals surface area contributed by atoms with Gasteiger partial charge in [0, 0.05) is 18.7 Å². The fourth-order valence-corrected chi connectivity index (χ4v) is 3.47. The van der Waals surface area contributed by atoms with Crippen molar-refractivity contribution in [3.05, 3.63) is 65.2 Å². The Bertz CT molecular complexity index is 701. The van der Waals surface area contributed by atoms with Crippen LogP contribution in [-0.4, -0.2) is 24.5 Å². The van der Waals surface area contributed by atoms with Crippen LogP contribution in [0.4, 0.5) is 0 Å². The van der Waals surface area contributed by atoms with Gasteiger partial charge in [-0.1, -0.05) is 37.1 Å². The third-order valence-corrected chi connectivity index (χ3v) is 4.95. The first kappa shape index (κ1) is 20.3. The van der Waals surface area contributed by atoms with Crippen LogP contribution in [0.15, 0.2) is 48.5 Å². The summed E-state index contributed by atoms with van der Waals surface area (Å²) < 4.78 is 5.26. The third kappa shape index (κ3) is 4.57. The molecular formula is C21H27ClN2O2. The van der Waals surface area contributed by atoms with Crippen molar-refractivity contribution in [2.45, 2.75) is 38.3 Å². The number of nitrogens with zero attached hydrogens (tertiary/aromatic N) is 1. The number of nitrogens with two attached hydrogens (primary N) is 1. The summed E-state index contributed by atoms with van der Waals surface area (Å²) in [5, 5.41) is 0. The van der Waals surface area contributed by atoms with Gasteiger partial charge in [0.1, 0.15) is 5.75 Å². The van der Waals surface area contributed by atoms with E-state index in [1.54, 1.807) is 7.11 Å². The number of halogens is 1. The summed E-state index contributed by atoms with van der Waals surface area (Å²) >= 11 is 0. The fourth-order valence-electron chi connectivity index (χ4n) is 3.47. The summed E-state index contributed by atoms with van der Waals surface area (Å²) in [6, 6.07) is 15.9. The molecule has 0 spiro atoms. The zero-order chi connectivity index (χ0) is 17.6. The largest absolute Gasteiger partial charge is 0.497 e. The minimum atomic E-state index is 0. The lowest BCUT2D eigenvalue weighted by Crippen LogP contribution is -2.34. The van der Waals surface area contributed by atoms with Gasteiger partial charge in [-0.3, -0.25) is 4.79 Å². The van der Waals surface area contributed by atoms with E-state index in [-0.39, 0.29) is 24.4 Å². The average molecular weight is 375 g/mol. The number of benzene rings is 2. The van der Waals surface area contributed by atoms with Crippen molar-refractivity contribution < 1.29 is 9.53 Å². The van der Waals surface area contributed by atoms with Crippen LogP contribution in [0.3, 0.4) is 0 Å². The maximum absolute atomic E-state index is 13.1. The quantitative estimate of drug-likeness (QED) is 0.866. The number of carbonyl (C=O) groups excluding carboxylic acids is 1. The molecule has 1 atom stereocenters. The molecule has 26 heavy (non-hydrogen) atoms. The fraction of sp³-hybridized carbons (Fsp3) is 0.381. The molecule has 0 saturated carbocycles. The molecule has 0 bridgehead atoms. The number of methoxy groups -OCH3 is 1. The number of rotatable bonds is 4. The van der Waals surface area contributed by atoms with E-state index in [2.05, 4.69) is 12.1 Å². The Morgan fingerprint density at radius 3 is 2.38 bits per heavy atom. The maximum Gasteiger partial charge on any atom is 0.254 e. The van der Waals surface area contributed by atoms with Gasteiger partial charge in [0.05, 0.1) is 13.2 Å². The number of carbonyl (C=O) groups is 1. The highest BCUT2D eigenvalue weighted by Crippen LogP contribution is 2.32. The topological polar surface area (TPSA) is 55.6 Å². The van der Waals surface area contributed by atoms with Crippen molar-refractivity contribution in [3.8, 4) is 5.75 Å². The molecule has 2 aromatic rings. The van der Waals surface area contributed by atoms with Crippen LogP contribution in [0.5, 0.6) is 5.75 Å². The normalized spacial score (nSPS) is 17.2. The van der Waals surface area contributed by atoms with E-state index in [0.29, 0.717) is 6.54 Å². The van der Waals surface area contributed by atoms with E-state index in [1.165, 1.54) is 12.0 Å². The first-order valence-electron chi connectivity index (χ1n) is 8.97. The Hall–Kier alpha value is -2.04. The minimum absolute atomic E-state index is 0. The van der Waals surface area contributed by atoms with Crippen LogP contribution in [-0.2, 0) is 6.54 Å². The van der Waals surface area contributed by atoms with Gasteiger partial charge in [-0.25, -0.2) is 0 Å². The van der Waals surface area contributed by atoms with Gasteiger partial charge in [-0.2, -0.15) is 0 Å². The van der Waals surface area contributed by atoms with Crippen molar-refractivity contribution >= 4 is 18.3 Å². The van der Waals surface area contributed by atoms with Crippen LogP contribution >= 0.6 is 12.4 Å². The Balaban J connectivity index is 0.00000243. The zero-order valence-electron chi connectivity index (χ0n) is 15.2. The molecule has 1 fully saturated rings. The molecule has 140 valence electrons. The van der Waals surface area contributed by atoms with Gasteiger partial charge < -0.3 is 15.4 Å². The molecule has 1 aliphatic heterocycles. The molecule has 2 N–H and O–H groups in total. The summed E-state index contributed by atoms with van der Waals surface area (Å²) in [6.45, 7) is 1.29. The Morgan fingerprint density at radius 2 is 1.77 bits per heavy atom. The highest BCUT2D eigenvalue weighted by Gasteiger charge is 2.27. The summed E-state index contributed by atoms with van der Waals surface area (Å²) in [5.41, 5.74) is 8.61. The van der Waals surface area contributed by atoms with Crippen molar-refractivity contribution in [3.63, 3.8) is 0 Å². The molecule has 2 aromatic carbocycles. The summed E-state index contributed by atoms with van der Waals surface area (Å²) in [7, 11) is 1.67. The second-order valence-electron chi connectivity index (χ2n) is 6.54. The molecule has 5 heteroatoms. The third-order valence-electron chi connectivity index (χ3n) is 4.95. The lowest BCUT2D eigenvalue weighted by atomic mass is 9.99. The molecule has 1 heterocycles. The number of hydrogen-bond acceptors (Lipinski definition) is 3. The summed E-state index contributed by atoms with van der Waals surface area (Å²) in [5.74, 6) is 0.943. The van der Waals surface area contributed by atoms with Crippen LogP contribution < -0.4 is 10.5 Å². The van der Waals surface area contributed by atoms with E-state index in [4.69, 9.17) is 10.5 Å². The maximum atomic E-state index is 13.1. The van der Waals surface area contributed by atoms with E-state index < -0.39 is 0 Å². The second kappa shape index (κ2) is 9.60. The lowest BCUT2D eigenvalue weighted by Gasteiger charge is -2.31. The monoisotopic (exact) mass is 374 g/mol. The average Bonchev–Trinajstić information content (AvgIpc) is 2.93. The highest BCUT2D eigenvalue weighted by molar-refractivity contribution is 5.94. The first-order valence-corrected chi connectivity index (χ1v) is 8.97.